The van der Waals surface area contributed by atoms with E-state index in [1.54, 1.807) is 26.3 Å². The smallest absolute Gasteiger partial charge is 0.229 e. The summed E-state index contributed by atoms with van der Waals surface area (Å²) in [5.41, 5.74) is 1.23. The van der Waals surface area contributed by atoms with Gasteiger partial charge in [0.05, 0.1) is 13.0 Å². The van der Waals surface area contributed by atoms with Gasteiger partial charge < -0.3 is 9.64 Å². The molecule has 140 valence electrons. The predicted molar refractivity (Wildman–Crippen MR) is 107 cm³/mol. The van der Waals surface area contributed by atoms with Crippen molar-refractivity contribution in [2.45, 2.75) is 19.4 Å². The number of ether oxygens (including phenoxy) is 1. The van der Waals surface area contributed by atoms with Gasteiger partial charge in [0.2, 0.25) is 5.91 Å². The van der Waals surface area contributed by atoms with Crippen LogP contribution in [0.1, 0.15) is 24.0 Å². The summed E-state index contributed by atoms with van der Waals surface area (Å²) in [4.78, 5) is 14.4. The Bertz CT molecular complexity index is 969. The van der Waals surface area contributed by atoms with Crippen LogP contribution >= 0.6 is 11.6 Å². The molecule has 0 N–H and O–H groups in total. The molecular weight excluding hydrogens is 365 g/mol. The summed E-state index contributed by atoms with van der Waals surface area (Å²) in [6.07, 6.45) is 0. The number of nitrogens with zero attached hydrogens (tertiary/aromatic N) is 1. The molecule has 0 radical (unpaired) electrons. The van der Waals surface area contributed by atoms with E-state index in [1.165, 1.54) is 11.0 Å². The number of benzene rings is 3. The molecule has 0 saturated heterocycles. The van der Waals surface area contributed by atoms with E-state index in [0.29, 0.717) is 10.6 Å². The van der Waals surface area contributed by atoms with E-state index in [0.717, 1.165) is 22.1 Å². The number of methoxy groups -OCH3 is 1. The molecule has 0 spiro atoms. The van der Waals surface area contributed by atoms with E-state index in [1.807, 2.05) is 43.3 Å². The number of likely N-dealkylation sites (N-methyl/N-ethyl adjacent to an activating group) is 1. The molecule has 0 aliphatic heterocycles. The van der Waals surface area contributed by atoms with E-state index < -0.39 is 5.82 Å². The molecule has 0 unspecified atom stereocenters. The highest BCUT2D eigenvalue weighted by atomic mass is 35.5. The topological polar surface area (TPSA) is 29.5 Å². The monoisotopic (exact) mass is 385 g/mol. The maximum atomic E-state index is 14.0. The number of carbonyl (C=O) groups is 1. The van der Waals surface area contributed by atoms with Crippen LogP contribution in [-0.2, 0) is 11.3 Å². The van der Waals surface area contributed by atoms with Gasteiger partial charge in [-0.05, 0) is 47.5 Å². The Balaban J connectivity index is 1.81. The lowest BCUT2D eigenvalue weighted by Crippen LogP contribution is -2.30. The van der Waals surface area contributed by atoms with Crippen molar-refractivity contribution in [1.29, 1.82) is 0 Å². The van der Waals surface area contributed by atoms with Crippen LogP contribution in [0.2, 0.25) is 5.02 Å². The van der Waals surface area contributed by atoms with Crippen LogP contribution in [0.4, 0.5) is 4.39 Å². The summed E-state index contributed by atoms with van der Waals surface area (Å²) in [7, 11) is 3.29. The lowest BCUT2D eigenvalue weighted by atomic mass is 9.96. The second-order valence-electron chi connectivity index (χ2n) is 6.59. The zero-order valence-corrected chi connectivity index (χ0v) is 16.3. The van der Waals surface area contributed by atoms with Gasteiger partial charge in [-0.1, -0.05) is 41.9 Å². The molecule has 3 rings (SSSR count). The van der Waals surface area contributed by atoms with Crippen LogP contribution in [0, 0.1) is 5.82 Å². The lowest BCUT2D eigenvalue weighted by Gasteiger charge is -2.23. The number of fused-ring (bicyclic) bond motifs is 1. The van der Waals surface area contributed by atoms with E-state index in [2.05, 4.69) is 0 Å². The van der Waals surface area contributed by atoms with Gasteiger partial charge in [-0.25, -0.2) is 4.39 Å². The Kier molecular flexibility index (Phi) is 5.66. The fraction of sp³-hybridized carbons (Fsp3) is 0.227. The molecule has 27 heavy (non-hydrogen) atoms. The van der Waals surface area contributed by atoms with Crippen LogP contribution in [0.3, 0.4) is 0 Å². The normalized spacial score (nSPS) is 12.0. The van der Waals surface area contributed by atoms with Crippen molar-refractivity contribution < 1.29 is 13.9 Å². The molecule has 0 aliphatic carbocycles. The van der Waals surface area contributed by atoms with Crippen LogP contribution in [-0.4, -0.2) is 25.0 Å². The van der Waals surface area contributed by atoms with Gasteiger partial charge >= 0.3 is 0 Å². The first-order valence-corrected chi connectivity index (χ1v) is 9.04. The maximum Gasteiger partial charge on any atom is 0.229 e. The van der Waals surface area contributed by atoms with Crippen molar-refractivity contribution in [2.75, 3.05) is 14.2 Å². The molecule has 0 bridgehead atoms. The second kappa shape index (κ2) is 7.97. The minimum atomic E-state index is -0.408. The fourth-order valence-corrected chi connectivity index (χ4v) is 3.33. The van der Waals surface area contributed by atoms with Gasteiger partial charge in [0, 0.05) is 24.2 Å². The minimum absolute atomic E-state index is 0.0952. The summed E-state index contributed by atoms with van der Waals surface area (Å²) in [5, 5.41) is 2.40. The second-order valence-corrected chi connectivity index (χ2v) is 7.00. The summed E-state index contributed by atoms with van der Waals surface area (Å²) >= 11 is 6.08. The highest BCUT2D eigenvalue weighted by molar-refractivity contribution is 6.31. The highest BCUT2D eigenvalue weighted by Crippen LogP contribution is 2.27. The van der Waals surface area contributed by atoms with Gasteiger partial charge in [0.25, 0.3) is 0 Å². The Morgan fingerprint density at radius 2 is 1.85 bits per heavy atom. The molecule has 3 aromatic rings. The van der Waals surface area contributed by atoms with Crippen molar-refractivity contribution >= 4 is 28.3 Å². The van der Waals surface area contributed by atoms with Gasteiger partial charge in [-0.15, -0.1) is 0 Å². The summed E-state index contributed by atoms with van der Waals surface area (Å²) < 4.78 is 19.2. The number of rotatable bonds is 5. The third kappa shape index (κ3) is 4.06. The maximum absolute atomic E-state index is 14.0. The van der Waals surface area contributed by atoms with Gasteiger partial charge in [-0.3, -0.25) is 4.79 Å². The van der Waals surface area contributed by atoms with Crippen molar-refractivity contribution in [3.8, 4) is 5.75 Å². The van der Waals surface area contributed by atoms with Gasteiger partial charge in [0.1, 0.15) is 11.6 Å². The third-order valence-corrected chi connectivity index (χ3v) is 5.13. The molecule has 0 aliphatic rings. The largest absolute Gasteiger partial charge is 0.497 e. The number of hydrogen-bond donors (Lipinski definition) is 0. The molecule has 0 saturated carbocycles. The molecule has 0 fully saturated rings. The molecular formula is C22H21ClFNO2. The minimum Gasteiger partial charge on any atom is -0.497 e. The standard InChI is InChI=1S/C22H21ClFNO2/c1-14(15-7-8-17-12-18(27-3)10-9-16(17)11-15)22(26)25(2)13-19-20(23)5-4-6-21(19)24/h4-12,14H,13H2,1-3H3/t14-/m0/s1. The number of hydrogen-bond acceptors (Lipinski definition) is 2. The molecule has 1 atom stereocenters. The van der Waals surface area contributed by atoms with Crippen LogP contribution in [0.15, 0.2) is 54.6 Å². The van der Waals surface area contributed by atoms with E-state index in [-0.39, 0.29) is 18.4 Å². The van der Waals surface area contributed by atoms with E-state index in [9.17, 15) is 9.18 Å². The first-order valence-electron chi connectivity index (χ1n) is 8.66. The zero-order valence-electron chi connectivity index (χ0n) is 15.5. The lowest BCUT2D eigenvalue weighted by molar-refractivity contribution is -0.131. The van der Waals surface area contributed by atoms with Crippen LogP contribution < -0.4 is 4.74 Å². The Morgan fingerprint density at radius 3 is 2.56 bits per heavy atom. The number of halogens is 2. The first-order chi connectivity index (χ1) is 12.9. The van der Waals surface area contributed by atoms with E-state index >= 15 is 0 Å². The first kappa shape index (κ1) is 19.2. The predicted octanol–water partition coefficient (Wildman–Crippen LogP) is 5.40. The third-order valence-electron chi connectivity index (χ3n) is 4.78. The molecule has 3 nitrogen and oxygen atoms in total. The van der Waals surface area contributed by atoms with Crippen LogP contribution in [0.5, 0.6) is 5.75 Å². The SMILES string of the molecule is COc1ccc2cc([C@H](C)C(=O)N(C)Cc3c(F)cccc3Cl)ccc2c1. The molecule has 5 heteroatoms. The quantitative estimate of drug-likeness (QED) is 0.588. The highest BCUT2D eigenvalue weighted by Gasteiger charge is 2.21. The zero-order chi connectivity index (χ0) is 19.6. The molecule has 0 aromatic heterocycles. The average molecular weight is 386 g/mol. The van der Waals surface area contributed by atoms with Crippen LogP contribution in [0.25, 0.3) is 10.8 Å². The van der Waals surface area contributed by atoms with Gasteiger partial charge in [-0.2, -0.15) is 0 Å². The van der Waals surface area contributed by atoms with Crippen molar-refractivity contribution in [1.82, 2.24) is 4.90 Å². The Morgan fingerprint density at radius 1 is 1.15 bits per heavy atom. The Hall–Kier alpha value is -2.59. The van der Waals surface area contributed by atoms with Crippen molar-refractivity contribution in [3.05, 3.63) is 76.6 Å². The molecule has 0 heterocycles. The van der Waals surface area contributed by atoms with Crippen molar-refractivity contribution in [3.63, 3.8) is 0 Å². The van der Waals surface area contributed by atoms with Crippen molar-refractivity contribution in [2.24, 2.45) is 0 Å². The summed E-state index contributed by atoms with van der Waals surface area (Å²) in [6, 6.07) is 16.3. The summed E-state index contributed by atoms with van der Waals surface area (Å²) in [6.45, 7) is 1.98. The average Bonchev–Trinajstić information content (AvgIpc) is 2.68. The molecule has 1 amide bonds. The number of amides is 1. The number of carbonyl (C=O) groups excluding carboxylic acids is 1. The fourth-order valence-electron chi connectivity index (χ4n) is 3.11. The summed E-state index contributed by atoms with van der Waals surface area (Å²) in [5.74, 6) is -0.0652. The van der Waals surface area contributed by atoms with E-state index in [4.69, 9.17) is 16.3 Å². The molecule has 3 aromatic carbocycles. The Labute approximate surface area is 163 Å². The van der Waals surface area contributed by atoms with Gasteiger partial charge in [0.15, 0.2) is 0 Å².